The molecule has 2 unspecified atom stereocenters. The first-order valence-corrected chi connectivity index (χ1v) is 8.34. The van der Waals surface area contributed by atoms with Gasteiger partial charge in [0.05, 0.1) is 13.2 Å². The van der Waals surface area contributed by atoms with Crippen LogP contribution in [0.3, 0.4) is 0 Å². The van der Waals surface area contributed by atoms with Gasteiger partial charge in [-0.3, -0.25) is 4.99 Å². The topological polar surface area (TPSA) is 33.6 Å². The number of aliphatic imine (C=N–C) groups is 1. The minimum Gasteiger partial charge on any atom is -0.497 e. The lowest BCUT2D eigenvalue weighted by Gasteiger charge is -2.23. The number of hydrogen-bond acceptors (Lipinski definition) is 4. The summed E-state index contributed by atoms with van der Waals surface area (Å²) in [6, 6.07) is 6.53. The SMILES string of the molecule is COc1cc(Br)cc(NC2=NC3CCCC3CS2)c1. The van der Waals surface area contributed by atoms with Crippen molar-refractivity contribution >= 4 is 38.5 Å². The Balaban J connectivity index is 1.76. The Morgan fingerprint density at radius 2 is 2.26 bits per heavy atom. The van der Waals surface area contributed by atoms with Crippen molar-refractivity contribution in [1.82, 2.24) is 0 Å². The number of thioether (sulfide) groups is 1. The molecular formula is C14H17BrN2OS. The fourth-order valence-electron chi connectivity index (χ4n) is 2.70. The van der Waals surface area contributed by atoms with Gasteiger partial charge in [-0.25, -0.2) is 0 Å². The predicted octanol–water partition coefficient (Wildman–Crippen LogP) is 4.14. The lowest BCUT2D eigenvalue weighted by molar-refractivity contribution is 0.415. The molecule has 0 amide bonds. The van der Waals surface area contributed by atoms with Crippen LogP contribution in [0.25, 0.3) is 0 Å². The number of fused-ring (bicyclic) bond motifs is 1. The maximum atomic E-state index is 5.28. The first-order chi connectivity index (χ1) is 9.24. The molecular weight excluding hydrogens is 324 g/mol. The summed E-state index contributed by atoms with van der Waals surface area (Å²) in [5.74, 6) is 2.84. The number of nitrogens with one attached hydrogen (secondary N) is 1. The van der Waals surface area contributed by atoms with Crippen LogP contribution in [0.1, 0.15) is 19.3 Å². The molecule has 19 heavy (non-hydrogen) atoms. The van der Waals surface area contributed by atoms with Gasteiger partial charge in [0.2, 0.25) is 0 Å². The Labute approximate surface area is 126 Å². The molecule has 1 heterocycles. The van der Waals surface area contributed by atoms with Gasteiger partial charge in [0, 0.05) is 22.0 Å². The Kier molecular flexibility index (Phi) is 4.03. The summed E-state index contributed by atoms with van der Waals surface area (Å²) < 4.78 is 6.29. The van der Waals surface area contributed by atoms with Gasteiger partial charge in [-0.05, 0) is 30.9 Å². The molecule has 1 aliphatic heterocycles. The summed E-state index contributed by atoms with van der Waals surface area (Å²) >= 11 is 5.33. The molecule has 1 aliphatic carbocycles. The molecule has 2 atom stereocenters. The third-order valence-electron chi connectivity index (χ3n) is 3.69. The second-order valence-corrected chi connectivity index (χ2v) is 6.93. The summed E-state index contributed by atoms with van der Waals surface area (Å²) in [4.78, 5) is 4.84. The van der Waals surface area contributed by atoms with Gasteiger partial charge in [0.15, 0.2) is 5.17 Å². The Hall–Kier alpha value is -0.680. The number of hydrogen-bond donors (Lipinski definition) is 1. The molecule has 0 saturated heterocycles. The molecule has 0 bridgehead atoms. The standard InChI is InChI=1S/C14H17BrN2OS/c1-18-12-6-10(15)5-11(7-12)16-14-17-13-4-2-3-9(13)8-19-14/h5-7,9,13H,2-4,8H2,1H3,(H,16,17). The summed E-state index contributed by atoms with van der Waals surface area (Å²) in [5, 5.41) is 4.46. The number of amidine groups is 1. The maximum Gasteiger partial charge on any atom is 0.161 e. The van der Waals surface area contributed by atoms with E-state index in [2.05, 4.69) is 21.2 Å². The molecule has 1 aromatic rings. The zero-order valence-electron chi connectivity index (χ0n) is 10.9. The summed E-state index contributed by atoms with van der Waals surface area (Å²) in [6.07, 6.45) is 3.93. The number of methoxy groups -OCH3 is 1. The first kappa shape index (κ1) is 13.3. The van der Waals surface area contributed by atoms with Crippen molar-refractivity contribution in [1.29, 1.82) is 0 Å². The first-order valence-electron chi connectivity index (χ1n) is 6.57. The fourth-order valence-corrected chi connectivity index (χ4v) is 4.33. The lowest BCUT2D eigenvalue weighted by Crippen LogP contribution is -2.25. The summed E-state index contributed by atoms with van der Waals surface area (Å²) in [6.45, 7) is 0. The van der Waals surface area contributed by atoms with E-state index in [0.29, 0.717) is 6.04 Å². The molecule has 1 fully saturated rings. The zero-order valence-corrected chi connectivity index (χ0v) is 13.3. The van der Waals surface area contributed by atoms with Crippen LogP contribution in [-0.2, 0) is 0 Å². The Morgan fingerprint density at radius 1 is 1.37 bits per heavy atom. The molecule has 3 rings (SSSR count). The zero-order chi connectivity index (χ0) is 13.2. The monoisotopic (exact) mass is 340 g/mol. The van der Waals surface area contributed by atoms with Crippen LogP contribution in [0.15, 0.2) is 27.7 Å². The Bertz CT molecular complexity index is 506. The van der Waals surface area contributed by atoms with E-state index in [1.807, 2.05) is 30.0 Å². The van der Waals surface area contributed by atoms with Gasteiger partial charge in [-0.1, -0.05) is 34.1 Å². The highest BCUT2D eigenvalue weighted by Crippen LogP contribution is 2.36. The highest BCUT2D eigenvalue weighted by Gasteiger charge is 2.30. The van der Waals surface area contributed by atoms with E-state index in [4.69, 9.17) is 9.73 Å². The predicted molar refractivity (Wildman–Crippen MR) is 85.3 cm³/mol. The number of ether oxygens (including phenoxy) is 1. The van der Waals surface area contributed by atoms with Crippen molar-refractivity contribution in [2.75, 3.05) is 18.2 Å². The van der Waals surface area contributed by atoms with Crippen LogP contribution in [0.5, 0.6) is 5.75 Å². The molecule has 2 aliphatic rings. The minimum absolute atomic E-state index is 0.540. The number of nitrogens with zero attached hydrogens (tertiary/aromatic N) is 1. The van der Waals surface area contributed by atoms with E-state index < -0.39 is 0 Å². The second kappa shape index (κ2) is 5.75. The van der Waals surface area contributed by atoms with E-state index in [1.54, 1.807) is 7.11 Å². The van der Waals surface area contributed by atoms with Gasteiger partial charge >= 0.3 is 0 Å². The van der Waals surface area contributed by atoms with Gasteiger partial charge in [0.1, 0.15) is 5.75 Å². The molecule has 5 heteroatoms. The van der Waals surface area contributed by atoms with Crippen molar-refractivity contribution in [2.45, 2.75) is 25.3 Å². The molecule has 0 radical (unpaired) electrons. The van der Waals surface area contributed by atoms with Crippen LogP contribution >= 0.6 is 27.7 Å². The van der Waals surface area contributed by atoms with Crippen LogP contribution in [-0.4, -0.2) is 24.1 Å². The van der Waals surface area contributed by atoms with Crippen molar-refractivity contribution in [3.63, 3.8) is 0 Å². The highest BCUT2D eigenvalue weighted by atomic mass is 79.9. The van der Waals surface area contributed by atoms with Gasteiger partial charge in [-0.15, -0.1) is 0 Å². The third-order valence-corrected chi connectivity index (χ3v) is 5.23. The smallest absolute Gasteiger partial charge is 0.161 e. The highest BCUT2D eigenvalue weighted by molar-refractivity contribution is 9.10. The van der Waals surface area contributed by atoms with E-state index in [0.717, 1.165) is 27.0 Å². The normalized spacial score (nSPS) is 25.7. The van der Waals surface area contributed by atoms with E-state index in [1.165, 1.54) is 25.0 Å². The number of halogens is 1. The Morgan fingerprint density at radius 3 is 3.11 bits per heavy atom. The fraction of sp³-hybridized carbons (Fsp3) is 0.500. The maximum absolute atomic E-state index is 5.28. The molecule has 1 aromatic carbocycles. The van der Waals surface area contributed by atoms with Crippen LogP contribution in [0.4, 0.5) is 5.69 Å². The van der Waals surface area contributed by atoms with Crippen molar-refractivity contribution in [3.05, 3.63) is 22.7 Å². The van der Waals surface area contributed by atoms with Gasteiger partial charge < -0.3 is 10.1 Å². The molecule has 0 spiro atoms. The van der Waals surface area contributed by atoms with Crippen molar-refractivity contribution in [2.24, 2.45) is 10.9 Å². The molecule has 1 N–H and O–H groups in total. The average Bonchev–Trinajstić information content (AvgIpc) is 2.85. The summed E-state index contributed by atoms with van der Waals surface area (Å²) in [5.41, 5.74) is 1.02. The van der Waals surface area contributed by atoms with E-state index in [-0.39, 0.29) is 0 Å². The van der Waals surface area contributed by atoms with Gasteiger partial charge in [0.25, 0.3) is 0 Å². The van der Waals surface area contributed by atoms with E-state index in [9.17, 15) is 0 Å². The molecule has 3 nitrogen and oxygen atoms in total. The van der Waals surface area contributed by atoms with Gasteiger partial charge in [-0.2, -0.15) is 0 Å². The van der Waals surface area contributed by atoms with Crippen molar-refractivity contribution in [3.8, 4) is 5.75 Å². The third kappa shape index (κ3) is 3.08. The summed E-state index contributed by atoms with van der Waals surface area (Å²) in [7, 11) is 1.68. The minimum atomic E-state index is 0.540. The lowest BCUT2D eigenvalue weighted by atomic mass is 10.1. The number of benzene rings is 1. The average molecular weight is 341 g/mol. The van der Waals surface area contributed by atoms with E-state index >= 15 is 0 Å². The molecule has 1 saturated carbocycles. The van der Waals surface area contributed by atoms with Crippen LogP contribution in [0.2, 0.25) is 0 Å². The molecule has 102 valence electrons. The quantitative estimate of drug-likeness (QED) is 0.878. The van der Waals surface area contributed by atoms with Crippen LogP contribution < -0.4 is 10.1 Å². The molecule has 0 aromatic heterocycles. The van der Waals surface area contributed by atoms with Crippen molar-refractivity contribution < 1.29 is 4.74 Å². The van der Waals surface area contributed by atoms with Crippen LogP contribution in [0, 0.1) is 5.92 Å². The largest absolute Gasteiger partial charge is 0.497 e. The number of anilines is 1. The second-order valence-electron chi connectivity index (χ2n) is 5.01. The number of rotatable bonds is 2.